The van der Waals surface area contributed by atoms with E-state index in [0.29, 0.717) is 5.92 Å². The predicted octanol–water partition coefficient (Wildman–Crippen LogP) is 6.84. The van der Waals surface area contributed by atoms with Gasteiger partial charge in [-0.2, -0.15) is 5.10 Å². The molecule has 0 radical (unpaired) electrons. The van der Waals surface area contributed by atoms with E-state index in [9.17, 15) is 10.1 Å². The van der Waals surface area contributed by atoms with E-state index in [-0.39, 0.29) is 22.1 Å². The van der Waals surface area contributed by atoms with Crippen LogP contribution in [0.5, 0.6) is 0 Å². The number of anilines is 1. The largest absolute Gasteiger partial charge is 0.269 e. The first kappa shape index (κ1) is 21.0. The lowest BCUT2D eigenvalue weighted by molar-refractivity contribution is -0.384. The van der Waals surface area contributed by atoms with Gasteiger partial charge in [-0.25, -0.2) is 0 Å². The fraction of sp³-hybridized carbons (Fsp3) is 0.346. The van der Waals surface area contributed by atoms with Crippen LogP contribution < -0.4 is 5.01 Å². The molecular weight excluding hydrogens is 386 g/mol. The highest BCUT2D eigenvalue weighted by Gasteiger charge is 2.32. The van der Waals surface area contributed by atoms with Crippen LogP contribution in [0.25, 0.3) is 0 Å². The molecule has 0 spiro atoms. The molecule has 0 fully saturated rings. The standard InChI is InChI=1S/C26H29N3O2/c1-19-8-7-17-26(2,3)24(19)16-13-21-18-25(20-11-14-23(15-12-20)29(30)31)28(27-21)22-9-5-4-6-10-22/h4-6,8-16,24-25H,7,17-18H2,1-3H3/b16-13+. The Morgan fingerprint density at radius 2 is 1.84 bits per heavy atom. The van der Waals surface area contributed by atoms with Crippen LogP contribution in [0.2, 0.25) is 0 Å². The minimum atomic E-state index is -0.361. The minimum Gasteiger partial charge on any atom is -0.258 e. The highest BCUT2D eigenvalue weighted by atomic mass is 16.6. The number of para-hydroxylation sites is 1. The maximum Gasteiger partial charge on any atom is 0.269 e. The monoisotopic (exact) mass is 415 g/mol. The second-order valence-corrected chi connectivity index (χ2v) is 9.15. The van der Waals surface area contributed by atoms with Gasteiger partial charge in [-0.15, -0.1) is 0 Å². The number of allylic oxidation sites excluding steroid dienone is 4. The topological polar surface area (TPSA) is 58.7 Å². The van der Waals surface area contributed by atoms with E-state index < -0.39 is 0 Å². The normalized spacial score (nSPS) is 23.0. The van der Waals surface area contributed by atoms with Crippen LogP contribution >= 0.6 is 0 Å². The zero-order chi connectivity index (χ0) is 22.0. The number of hydrogen-bond donors (Lipinski definition) is 0. The molecule has 2 aromatic carbocycles. The van der Waals surface area contributed by atoms with E-state index in [4.69, 9.17) is 5.10 Å². The lowest BCUT2D eigenvalue weighted by atomic mass is 9.68. The average Bonchev–Trinajstić information content (AvgIpc) is 3.18. The van der Waals surface area contributed by atoms with Gasteiger partial charge in [-0.1, -0.05) is 61.9 Å². The van der Waals surface area contributed by atoms with Crippen molar-refractivity contribution in [2.75, 3.05) is 5.01 Å². The van der Waals surface area contributed by atoms with Crippen LogP contribution in [-0.2, 0) is 0 Å². The fourth-order valence-corrected chi connectivity index (χ4v) is 4.72. The Kier molecular flexibility index (Phi) is 5.77. The number of hydrogen-bond acceptors (Lipinski definition) is 4. The minimum absolute atomic E-state index is 0.0128. The van der Waals surface area contributed by atoms with Crippen molar-refractivity contribution in [2.45, 2.75) is 46.1 Å². The smallest absolute Gasteiger partial charge is 0.258 e. The van der Waals surface area contributed by atoms with Crippen molar-refractivity contribution in [3.8, 4) is 0 Å². The number of hydrazone groups is 1. The van der Waals surface area contributed by atoms with Crippen molar-refractivity contribution in [1.29, 1.82) is 0 Å². The van der Waals surface area contributed by atoms with Crippen LogP contribution in [0.4, 0.5) is 11.4 Å². The summed E-state index contributed by atoms with van der Waals surface area (Å²) in [6.07, 6.45) is 9.94. The number of nitrogens with zero attached hydrogens (tertiary/aromatic N) is 3. The molecule has 1 heterocycles. The molecule has 0 saturated heterocycles. The van der Waals surface area contributed by atoms with Crippen molar-refractivity contribution < 1.29 is 4.92 Å². The van der Waals surface area contributed by atoms with Gasteiger partial charge in [-0.05, 0) is 49.0 Å². The highest BCUT2D eigenvalue weighted by molar-refractivity contribution is 5.98. The number of nitro groups is 1. The van der Waals surface area contributed by atoms with Crippen LogP contribution in [0.15, 0.2) is 83.5 Å². The van der Waals surface area contributed by atoms with E-state index in [2.05, 4.69) is 39.0 Å². The molecular formula is C26H29N3O2. The van der Waals surface area contributed by atoms with Gasteiger partial charge in [0, 0.05) is 24.5 Å². The number of benzene rings is 2. The summed E-state index contributed by atoms with van der Waals surface area (Å²) in [5.74, 6) is 0.410. The summed E-state index contributed by atoms with van der Waals surface area (Å²) in [5, 5.41) is 18.0. The quantitative estimate of drug-likeness (QED) is 0.305. The van der Waals surface area contributed by atoms with Crippen LogP contribution in [0.1, 0.15) is 51.6 Å². The molecule has 0 saturated carbocycles. The molecule has 2 aliphatic rings. The first-order chi connectivity index (χ1) is 14.8. The van der Waals surface area contributed by atoms with Crippen LogP contribution in [0.3, 0.4) is 0 Å². The second-order valence-electron chi connectivity index (χ2n) is 9.15. The molecule has 0 N–H and O–H groups in total. The Hall–Kier alpha value is -3.21. The zero-order valence-corrected chi connectivity index (χ0v) is 18.4. The van der Waals surface area contributed by atoms with Gasteiger partial charge in [0.05, 0.1) is 22.4 Å². The summed E-state index contributed by atoms with van der Waals surface area (Å²) in [4.78, 5) is 10.7. The Balaban J connectivity index is 1.63. The third-order valence-electron chi connectivity index (χ3n) is 6.51. The van der Waals surface area contributed by atoms with Gasteiger partial charge >= 0.3 is 0 Å². The Morgan fingerprint density at radius 3 is 2.48 bits per heavy atom. The van der Waals surface area contributed by atoms with Crippen molar-refractivity contribution in [1.82, 2.24) is 0 Å². The summed E-state index contributed by atoms with van der Waals surface area (Å²) in [6, 6.07) is 16.9. The molecule has 1 aliphatic heterocycles. The van der Waals surface area contributed by atoms with Crippen molar-refractivity contribution in [2.24, 2.45) is 16.4 Å². The molecule has 5 heteroatoms. The summed E-state index contributed by atoms with van der Waals surface area (Å²) < 4.78 is 0. The molecule has 0 amide bonds. The third-order valence-corrected chi connectivity index (χ3v) is 6.51. The molecule has 2 unspecified atom stereocenters. The SMILES string of the molecule is CC1=CCCC(C)(C)C1/C=C/C1=NN(c2ccccc2)C(c2ccc([N+](=O)[O-])cc2)C1. The summed E-state index contributed by atoms with van der Waals surface area (Å²) in [7, 11) is 0. The summed E-state index contributed by atoms with van der Waals surface area (Å²) in [5.41, 5.74) is 4.85. The highest BCUT2D eigenvalue weighted by Crippen LogP contribution is 2.42. The maximum absolute atomic E-state index is 11.0. The average molecular weight is 416 g/mol. The Labute approximate surface area is 183 Å². The molecule has 160 valence electrons. The first-order valence-corrected chi connectivity index (χ1v) is 10.9. The Morgan fingerprint density at radius 1 is 1.13 bits per heavy atom. The lowest BCUT2D eigenvalue weighted by Gasteiger charge is -2.36. The van der Waals surface area contributed by atoms with Gasteiger partial charge in [0.2, 0.25) is 0 Å². The number of rotatable bonds is 5. The number of nitro benzene ring substituents is 1. The molecule has 2 aromatic rings. The van der Waals surface area contributed by atoms with Gasteiger partial charge in [0.1, 0.15) is 0 Å². The molecule has 2 atom stereocenters. The molecule has 4 rings (SSSR count). The molecule has 0 aromatic heterocycles. The van der Waals surface area contributed by atoms with Gasteiger partial charge in [0.15, 0.2) is 0 Å². The predicted molar refractivity (Wildman–Crippen MR) is 126 cm³/mol. The van der Waals surface area contributed by atoms with Crippen LogP contribution in [-0.4, -0.2) is 10.6 Å². The van der Waals surface area contributed by atoms with Crippen LogP contribution in [0, 0.1) is 21.4 Å². The summed E-state index contributed by atoms with van der Waals surface area (Å²) >= 11 is 0. The summed E-state index contributed by atoms with van der Waals surface area (Å²) in [6.45, 7) is 6.90. The fourth-order valence-electron chi connectivity index (χ4n) is 4.72. The molecule has 0 bridgehead atoms. The molecule has 31 heavy (non-hydrogen) atoms. The Bertz CT molecular complexity index is 1040. The van der Waals surface area contributed by atoms with Crippen molar-refractivity contribution in [3.63, 3.8) is 0 Å². The molecule has 1 aliphatic carbocycles. The van der Waals surface area contributed by atoms with Gasteiger partial charge in [-0.3, -0.25) is 15.1 Å². The lowest BCUT2D eigenvalue weighted by Crippen LogP contribution is -2.26. The zero-order valence-electron chi connectivity index (χ0n) is 18.4. The van der Waals surface area contributed by atoms with E-state index in [1.54, 1.807) is 12.1 Å². The van der Waals surface area contributed by atoms with Crippen molar-refractivity contribution in [3.05, 3.63) is 94.1 Å². The van der Waals surface area contributed by atoms with Gasteiger partial charge in [0.25, 0.3) is 5.69 Å². The van der Waals surface area contributed by atoms with E-state index in [1.165, 1.54) is 12.0 Å². The second kappa shape index (κ2) is 8.50. The van der Waals surface area contributed by atoms with E-state index in [0.717, 1.165) is 29.8 Å². The van der Waals surface area contributed by atoms with E-state index in [1.807, 2.05) is 47.5 Å². The first-order valence-electron chi connectivity index (χ1n) is 10.9. The number of non-ortho nitro benzene ring substituents is 1. The van der Waals surface area contributed by atoms with E-state index >= 15 is 0 Å². The molecule has 5 nitrogen and oxygen atoms in total. The van der Waals surface area contributed by atoms with Gasteiger partial charge < -0.3 is 0 Å². The van der Waals surface area contributed by atoms with Crippen molar-refractivity contribution >= 4 is 17.1 Å². The maximum atomic E-state index is 11.0. The third kappa shape index (κ3) is 4.46.